The molecule has 2 heterocycles. The number of pyridine rings is 1. The monoisotopic (exact) mass is 376 g/mol. The highest BCUT2D eigenvalue weighted by atomic mass is 16.5. The number of hydrogen-bond acceptors (Lipinski definition) is 5. The molecule has 1 N–H and O–H groups in total. The van der Waals surface area contributed by atoms with Crippen molar-refractivity contribution in [3.05, 3.63) is 23.9 Å². The lowest BCUT2D eigenvalue weighted by Gasteiger charge is -2.34. The number of ether oxygens (including phenoxy) is 2. The van der Waals surface area contributed by atoms with Crippen LogP contribution in [0.5, 0.6) is 5.88 Å². The third kappa shape index (κ3) is 6.41. The number of esters is 1. The number of carbonyl (C=O) groups excluding carboxylic acids is 1. The zero-order chi connectivity index (χ0) is 19.5. The number of aromatic nitrogens is 1. The van der Waals surface area contributed by atoms with Crippen LogP contribution in [0.25, 0.3) is 0 Å². The van der Waals surface area contributed by atoms with Crippen molar-refractivity contribution in [2.45, 2.75) is 46.6 Å². The van der Waals surface area contributed by atoms with E-state index in [4.69, 9.17) is 14.5 Å². The number of rotatable bonds is 8. The Morgan fingerprint density at radius 2 is 2.26 bits per heavy atom. The van der Waals surface area contributed by atoms with Gasteiger partial charge in [-0.15, -0.1) is 0 Å². The fourth-order valence-electron chi connectivity index (χ4n) is 3.08. The predicted molar refractivity (Wildman–Crippen MR) is 106 cm³/mol. The van der Waals surface area contributed by atoms with Crippen molar-refractivity contribution in [3.8, 4) is 5.88 Å². The van der Waals surface area contributed by atoms with Gasteiger partial charge in [-0.25, -0.2) is 9.98 Å². The maximum Gasteiger partial charge on any atom is 0.310 e. The Kier molecular flexibility index (Phi) is 8.87. The maximum atomic E-state index is 12.1. The molecular formula is C20H32N4O3. The number of carbonyl (C=O) groups is 1. The average Bonchev–Trinajstić information content (AvgIpc) is 2.70. The molecule has 1 fully saturated rings. The molecule has 1 aliphatic rings. The van der Waals surface area contributed by atoms with Gasteiger partial charge in [0.2, 0.25) is 5.88 Å². The topological polar surface area (TPSA) is 76.1 Å². The molecule has 0 radical (unpaired) electrons. The van der Waals surface area contributed by atoms with Crippen molar-refractivity contribution in [1.29, 1.82) is 0 Å². The molecule has 1 unspecified atom stereocenters. The van der Waals surface area contributed by atoms with E-state index < -0.39 is 0 Å². The lowest BCUT2D eigenvalue weighted by atomic mass is 9.98. The highest BCUT2D eigenvalue weighted by molar-refractivity contribution is 5.81. The molecule has 0 saturated carbocycles. The second-order valence-corrected chi connectivity index (χ2v) is 6.52. The normalized spacial score (nSPS) is 17.5. The van der Waals surface area contributed by atoms with Crippen LogP contribution in [0.1, 0.15) is 45.6 Å². The zero-order valence-electron chi connectivity index (χ0n) is 16.7. The summed E-state index contributed by atoms with van der Waals surface area (Å²) in [5.41, 5.74) is 0.959. The third-order valence-electron chi connectivity index (χ3n) is 4.37. The van der Waals surface area contributed by atoms with E-state index in [0.717, 1.165) is 43.9 Å². The van der Waals surface area contributed by atoms with E-state index in [1.165, 1.54) is 0 Å². The van der Waals surface area contributed by atoms with Crippen molar-refractivity contribution in [3.63, 3.8) is 0 Å². The molecule has 0 aromatic carbocycles. The van der Waals surface area contributed by atoms with Crippen LogP contribution >= 0.6 is 0 Å². The van der Waals surface area contributed by atoms with E-state index in [0.29, 0.717) is 32.2 Å². The van der Waals surface area contributed by atoms with Crippen LogP contribution in [-0.2, 0) is 16.1 Å². The minimum Gasteiger partial charge on any atom is -0.477 e. The first-order valence-corrected chi connectivity index (χ1v) is 9.96. The van der Waals surface area contributed by atoms with E-state index in [9.17, 15) is 4.79 Å². The molecule has 7 heteroatoms. The maximum absolute atomic E-state index is 12.1. The second kappa shape index (κ2) is 11.4. The largest absolute Gasteiger partial charge is 0.477 e. The molecule has 0 aliphatic carbocycles. The summed E-state index contributed by atoms with van der Waals surface area (Å²) in [6.45, 7) is 9.79. The van der Waals surface area contributed by atoms with Crippen molar-refractivity contribution in [2.24, 2.45) is 10.9 Å². The highest BCUT2D eigenvalue weighted by Gasteiger charge is 2.28. The van der Waals surface area contributed by atoms with Gasteiger partial charge in [0, 0.05) is 31.4 Å². The van der Waals surface area contributed by atoms with E-state index in [-0.39, 0.29) is 11.9 Å². The summed E-state index contributed by atoms with van der Waals surface area (Å²) in [4.78, 5) is 23.4. The van der Waals surface area contributed by atoms with Crippen LogP contribution in [0.3, 0.4) is 0 Å². The fourth-order valence-corrected chi connectivity index (χ4v) is 3.08. The molecule has 0 spiro atoms. The van der Waals surface area contributed by atoms with Crippen LogP contribution < -0.4 is 10.1 Å². The quantitative estimate of drug-likeness (QED) is 0.427. The number of guanidine groups is 1. The summed E-state index contributed by atoms with van der Waals surface area (Å²) in [6, 6.07) is 3.89. The first kappa shape index (κ1) is 21.0. The molecule has 27 heavy (non-hydrogen) atoms. The van der Waals surface area contributed by atoms with Gasteiger partial charge in [0.25, 0.3) is 0 Å². The summed E-state index contributed by atoms with van der Waals surface area (Å²) in [5.74, 6) is 1.25. The minimum atomic E-state index is -0.111. The van der Waals surface area contributed by atoms with E-state index >= 15 is 0 Å². The molecule has 1 saturated heterocycles. The third-order valence-corrected chi connectivity index (χ3v) is 4.37. The fraction of sp³-hybridized carbons (Fsp3) is 0.650. The molecule has 1 aromatic rings. The molecular weight excluding hydrogens is 344 g/mol. The van der Waals surface area contributed by atoms with Crippen molar-refractivity contribution in [1.82, 2.24) is 15.2 Å². The first-order chi connectivity index (χ1) is 13.2. The number of nitrogens with one attached hydrogen (secondary N) is 1. The highest BCUT2D eigenvalue weighted by Crippen LogP contribution is 2.19. The number of hydrogen-bond donors (Lipinski definition) is 1. The predicted octanol–water partition coefficient (Wildman–Crippen LogP) is 2.61. The Morgan fingerprint density at radius 1 is 1.41 bits per heavy atom. The van der Waals surface area contributed by atoms with Gasteiger partial charge in [-0.2, -0.15) is 0 Å². The summed E-state index contributed by atoms with van der Waals surface area (Å²) < 4.78 is 10.9. The van der Waals surface area contributed by atoms with Gasteiger partial charge in [-0.05, 0) is 39.2 Å². The Balaban J connectivity index is 2.09. The van der Waals surface area contributed by atoms with Gasteiger partial charge in [-0.3, -0.25) is 4.79 Å². The number of piperidine rings is 1. The van der Waals surface area contributed by atoms with Crippen molar-refractivity contribution in [2.75, 3.05) is 32.8 Å². The molecule has 150 valence electrons. The summed E-state index contributed by atoms with van der Waals surface area (Å²) in [5, 5.41) is 3.34. The van der Waals surface area contributed by atoms with Gasteiger partial charge in [0.15, 0.2) is 5.96 Å². The lowest BCUT2D eigenvalue weighted by Crippen LogP contribution is -2.48. The van der Waals surface area contributed by atoms with Gasteiger partial charge in [0.1, 0.15) is 0 Å². The molecule has 0 bridgehead atoms. The molecule has 0 amide bonds. The standard InChI is InChI=1S/C20H32N4O3/c1-4-13-27-18-16(9-7-11-22-18)14-23-20(21-5-2)24-12-8-10-17(15-24)19(25)26-6-3/h7,9,11,17H,4-6,8,10,12-15H2,1-3H3,(H,21,23). The van der Waals surface area contributed by atoms with Crippen LogP contribution in [-0.4, -0.2) is 54.7 Å². The van der Waals surface area contributed by atoms with Crippen molar-refractivity contribution < 1.29 is 14.3 Å². The van der Waals surface area contributed by atoms with Gasteiger partial charge >= 0.3 is 5.97 Å². The Bertz CT molecular complexity index is 621. The molecule has 1 atom stereocenters. The minimum absolute atomic E-state index is 0.0932. The SMILES string of the molecule is CCCOc1ncccc1CN=C(NCC)N1CCCC(C(=O)OCC)C1. The van der Waals surface area contributed by atoms with E-state index in [1.54, 1.807) is 6.20 Å². The summed E-state index contributed by atoms with van der Waals surface area (Å²) in [6.07, 6.45) is 4.49. The Hall–Kier alpha value is -2.31. The number of likely N-dealkylation sites (tertiary alicyclic amines) is 1. The first-order valence-electron chi connectivity index (χ1n) is 9.96. The summed E-state index contributed by atoms with van der Waals surface area (Å²) in [7, 11) is 0. The van der Waals surface area contributed by atoms with E-state index in [2.05, 4.69) is 22.1 Å². The van der Waals surface area contributed by atoms with Crippen LogP contribution in [0, 0.1) is 5.92 Å². The smallest absolute Gasteiger partial charge is 0.310 e. The lowest BCUT2D eigenvalue weighted by molar-refractivity contribution is -0.149. The summed E-state index contributed by atoms with van der Waals surface area (Å²) >= 11 is 0. The average molecular weight is 377 g/mol. The van der Waals surface area contributed by atoms with Crippen LogP contribution in [0.15, 0.2) is 23.3 Å². The molecule has 7 nitrogen and oxygen atoms in total. The van der Waals surface area contributed by atoms with Gasteiger partial charge in [-0.1, -0.05) is 13.0 Å². The molecule has 2 rings (SSSR count). The Labute approximate surface area is 162 Å². The Morgan fingerprint density at radius 3 is 3.00 bits per heavy atom. The van der Waals surface area contributed by atoms with Gasteiger partial charge < -0.3 is 19.7 Å². The second-order valence-electron chi connectivity index (χ2n) is 6.52. The molecule has 1 aromatic heterocycles. The van der Waals surface area contributed by atoms with Crippen molar-refractivity contribution >= 4 is 11.9 Å². The van der Waals surface area contributed by atoms with E-state index in [1.807, 2.05) is 26.0 Å². The van der Waals surface area contributed by atoms with Gasteiger partial charge in [0.05, 0.1) is 25.7 Å². The molecule has 1 aliphatic heterocycles. The van der Waals surface area contributed by atoms with Crippen LogP contribution in [0.2, 0.25) is 0 Å². The number of nitrogens with zero attached hydrogens (tertiary/aromatic N) is 3. The number of aliphatic imine (C=N–C) groups is 1. The zero-order valence-corrected chi connectivity index (χ0v) is 16.7. The van der Waals surface area contributed by atoms with Crippen LogP contribution in [0.4, 0.5) is 0 Å².